The molecule has 394 valence electrons. The third kappa shape index (κ3) is 55.9. The molecule has 0 saturated carbocycles. The highest BCUT2D eigenvalue weighted by molar-refractivity contribution is 5.70. The minimum atomic E-state index is -0.768. The van der Waals surface area contributed by atoms with Gasteiger partial charge in [-0.15, -0.1) is 0 Å². The number of hydrogen-bond donors (Lipinski definition) is 1. The highest BCUT2D eigenvalue weighted by Crippen LogP contribution is 2.17. The molecule has 5 heteroatoms. The van der Waals surface area contributed by atoms with E-state index < -0.39 is 6.10 Å². The Hall–Kier alpha value is -2.66. The van der Waals surface area contributed by atoms with Crippen molar-refractivity contribution in [1.82, 2.24) is 0 Å². The predicted molar refractivity (Wildman–Crippen MR) is 297 cm³/mol. The zero-order valence-corrected chi connectivity index (χ0v) is 45.1. The number of aliphatic hydroxyl groups is 1. The summed E-state index contributed by atoms with van der Waals surface area (Å²) in [5.41, 5.74) is 0. The van der Waals surface area contributed by atoms with Gasteiger partial charge in [0.05, 0.1) is 6.61 Å². The molecular formula is C63H112O5. The monoisotopic (exact) mass is 949 g/mol. The second kappa shape index (κ2) is 58.7. The number of ether oxygens (including phenoxy) is 2. The third-order valence-corrected chi connectivity index (χ3v) is 13.0. The summed E-state index contributed by atoms with van der Waals surface area (Å²) < 4.78 is 10.7. The number of hydrogen-bond acceptors (Lipinski definition) is 5. The minimum Gasteiger partial charge on any atom is -0.462 e. The van der Waals surface area contributed by atoms with Gasteiger partial charge in [-0.25, -0.2) is 0 Å². The van der Waals surface area contributed by atoms with Crippen LogP contribution in [0, 0.1) is 0 Å². The maximum atomic E-state index is 12.3. The number of unbranched alkanes of at least 4 members (excludes halogenated alkanes) is 34. The topological polar surface area (TPSA) is 72.8 Å². The summed E-state index contributed by atoms with van der Waals surface area (Å²) in [5, 5.41) is 9.63. The lowest BCUT2D eigenvalue weighted by atomic mass is 10.0. The van der Waals surface area contributed by atoms with E-state index in [9.17, 15) is 14.7 Å². The first-order chi connectivity index (χ1) is 33.6. The van der Waals surface area contributed by atoms with E-state index in [1.165, 1.54) is 193 Å². The van der Waals surface area contributed by atoms with E-state index in [0.717, 1.165) is 77.0 Å². The Bertz CT molecular complexity index is 1210. The Balaban J connectivity index is 3.40. The largest absolute Gasteiger partial charge is 0.462 e. The molecule has 1 atom stereocenters. The molecule has 0 aliphatic rings. The fraction of sp³-hybridized carbons (Fsp3) is 0.778. The average Bonchev–Trinajstić information content (AvgIpc) is 3.34. The molecule has 0 aromatic carbocycles. The molecule has 0 spiro atoms. The SMILES string of the molecule is CC/C=C\C/C=C\C/C=C\C/C=C\C/C=C\C/C=C\CCCCCCCCCCCCCCCCCCCCCCCCC(=O)OC(CO)COC(=O)CCCCCCCCCCCCCCC. The molecule has 0 amide bonds. The van der Waals surface area contributed by atoms with Gasteiger partial charge in [0.2, 0.25) is 0 Å². The molecule has 0 aliphatic heterocycles. The third-order valence-electron chi connectivity index (χ3n) is 13.0. The highest BCUT2D eigenvalue weighted by atomic mass is 16.6. The van der Waals surface area contributed by atoms with Crippen molar-refractivity contribution in [2.24, 2.45) is 0 Å². The second-order valence-electron chi connectivity index (χ2n) is 19.7. The fourth-order valence-electron chi connectivity index (χ4n) is 8.62. The molecule has 0 fully saturated rings. The predicted octanol–water partition coefficient (Wildman–Crippen LogP) is 20.0. The average molecular weight is 950 g/mol. The van der Waals surface area contributed by atoms with Crippen LogP contribution in [0.4, 0.5) is 0 Å². The van der Waals surface area contributed by atoms with Crippen molar-refractivity contribution < 1.29 is 24.2 Å². The number of carbonyl (C=O) groups excluding carboxylic acids is 2. The van der Waals surface area contributed by atoms with Crippen molar-refractivity contribution in [3.63, 3.8) is 0 Å². The summed E-state index contributed by atoms with van der Waals surface area (Å²) in [4.78, 5) is 24.4. The van der Waals surface area contributed by atoms with Gasteiger partial charge in [-0.05, 0) is 64.2 Å². The van der Waals surface area contributed by atoms with E-state index >= 15 is 0 Å². The Morgan fingerprint density at radius 3 is 0.956 bits per heavy atom. The molecule has 1 N–H and O–H groups in total. The fourth-order valence-corrected chi connectivity index (χ4v) is 8.62. The molecule has 0 aromatic rings. The van der Waals surface area contributed by atoms with Crippen molar-refractivity contribution in [2.75, 3.05) is 13.2 Å². The minimum absolute atomic E-state index is 0.0609. The van der Waals surface area contributed by atoms with E-state index in [4.69, 9.17) is 9.47 Å². The van der Waals surface area contributed by atoms with Gasteiger partial charge >= 0.3 is 11.9 Å². The number of esters is 2. The van der Waals surface area contributed by atoms with Gasteiger partial charge < -0.3 is 14.6 Å². The van der Waals surface area contributed by atoms with Gasteiger partial charge in [-0.3, -0.25) is 9.59 Å². The van der Waals surface area contributed by atoms with Gasteiger partial charge in [-0.2, -0.15) is 0 Å². The molecule has 0 aliphatic carbocycles. The highest BCUT2D eigenvalue weighted by Gasteiger charge is 2.16. The smallest absolute Gasteiger partial charge is 0.306 e. The van der Waals surface area contributed by atoms with Crippen LogP contribution in [0.5, 0.6) is 0 Å². The molecule has 1 unspecified atom stereocenters. The van der Waals surface area contributed by atoms with E-state index in [1.807, 2.05) is 0 Å². The van der Waals surface area contributed by atoms with Crippen LogP contribution in [0.15, 0.2) is 72.9 Å². The molecule has 0 radical (unpaired) electrons. The van der Waals surface area contributed by atoms with Crippen molar-refractivity contribution in [3.05, 3.63) is 72.9 Å². The van der Waals surface area contributed by atoms with E-state index in [2.05, 4.69) is 86.8 Å². The lowest BCUT2D eigenvalue weighted by Gasteiger charge is -2.15. The summed E-state index contributed by atoms with van der Waals surface area (Å²) in [5.74, 6) is -0.576. The number of carbonyl (C=O) groups is 2. The lowest BCUT2D eigenvalue weighted by molar-refractivity contribution is -0.161. The summed E-state index contributed by atoms with van der Waals surface area (Å²) in [6, 6.07) is 0. The van der Waals surface area contributed by atoms with Crippen LogP contribution < -0.4 is 0 Å². The number of aliphatic hydroxyl groups excluding tert-OH is 1. The first-order valence-corrected chi connectivity index (χ1v) is 29.5. The van der Waals surface area contributed by atoms with Crippen molar-refractivity contribution in [2.45, 2.75) is 302 Å². The van der Waals surface area contributed by atoms with Crippen molar-refractivity contribution in [3.8, 4) is 0 Å². The zero-order valence-electron chi connectivity index (χ0n) is 45.1. The Morgan fingerprint density at radius 1 is 0.353 bits per heavy atom. The number of rotatable bonds is 54. The lowest BCUT2D eigenvalue weighted by Crippen LogP contribution is -2.28. The van der Waals surface area contributed by atoms with Crippen LogP contribution in [-0.4, -0.2) is 36.4 Å². The Kier molecular flexibility index (Phi) is 56.4. The first kappa shape index (κ1) is 65.3. The second-order valence-corrected chi connectivity index (χ2v) is 19.7. The van der Waals surface area contributed by atoms with Gasteiger partial charge in [-0.1, -0.05) is 292 Å². The zero-order chi connectivity index (χ0) is 49.2. The summed E-state index contributed by atoms with van der Waals surface area (Å²) >= 11 is 0. The number of allylic oxidation sites excluding steroid dienone is 12. The summed E-state index contributed by atoms with van der Waals surface area (Å²) in [6.07, 6.45) is 80.5. The van der Waals surface area contributed by atoms with Gasteiger partial charge in [0.1, 0.15) is 6.61 Å². The van der Waals surface area contributed by atoms with Crippen LogP contribution in [0.25, 0.3) is 0 Å². The molecular weight excluding hydrogens is 837 g/mol. The van der Waals surface area contributed by atoms with E-state index in [1.54, 1.807) is 0 Å². The molecule has 0 bridgehead atoms. The quantitative estimate of drug-likeness (QED) is 0.0374. The van der Waals surface area contributed by atoms with Crippen LogP contribution in [0.1, 0.15) is 296 Å². The van der Waals surface area contributed by atoms with Gasteiger partial charge in [0.25, 0.3) is 0 Å². The molecule has 5 nitrogen and oxygen atoms in total. The van der Waals surface area contributed by atoms with Gasteiger partial charge in [0.15, 0.2) is 6.10 Å². The maximum Gasteiger partial charge on any atom is 0.306 e. The summed E-state index contributed by atoms with van der Waals surface area (Å²) in [7, 11) is 0. The molecule has 68 heavy (non-hydrogen) atoms. The van der Waals surface area contributed by atoms with Crippen molar-refractivity contribution >= 4 is 11.9 Å². The first-order valence-electron chi connectivity index (χ1n) is 29.5. The standard InChI is InChI=1S/C63H112O5/c1-3-5-7-9-11-13-15-17-18-19-20-21-22-23-24-25-26-27-28-29-30-31-32-33-34-35-36-37-38-39-40-41-42-43-44-46-48-50-52-54-56-58-63(66)68-61(59-64)60-67-62(65)57-55-53-51-49-47-45-16-14-12-10-8-6-4-2/h5,7,11,13,17-18,20-21,23-24,26-27,61,64H,3-4,6,8-10,12,14-16,19,22,25,28-60H2,1-2H3/b7-5-,13-11-,18-17-,21-20-,24-23-,27-26-. The Labute approximate surface area is 423 Å². The maximum absolute atomic E-state index is 12.3. The molecule has 0 rings (SSSR count). The molecule has 0 heterocycles. The van der Waals surface area contributed by atoms with Crippen LogP contribution in [0.2, 0.25) is 0 Å². The van der Waals surface area contributed by atoms with E-state index in [-0.39, 0.29) is 25.2 Å². The van der Waals surface area contributed by atoms with E-state index in [0.29, 0.717) is 12.8 Å². The molecule has 0 saturated heterocycles. The van der Waals surface area contributed by atoms with Crippen LogP contribution >= 0.6 is 0 Å². The van der Waals surface area contributed by atoms with Crippen molar-refractivity contribution in [1.29, 1.82) is 0 Å². The van der Waals surface area contributed by atoms with Crippen LogP contribution in [-0.2, 0) is 19.1 Å². The van der Waals surface area contributed by atoms with Crippen LogP contribution in [0.3, 0.4) is 0 Å². The normalized spacial score (nSPS) is 12.7. The summed E-state index contributed by atoms with van der Waals surface area (Å²) in [6.45, 7) is 4.05. The Morgan fingerprint density at radius 2 is 0.632 bits per heavy atom. The molecule has 0 aromatic heterocycles. The van der Waals surface area contributed by atoms with Gasteiger partial charge in [0, 0.05) is 12.8 Å².